The van der Waals surface area contributed by atoms with Crippen LogP contribution >= 0.6 is 15.9 Å². The third-order valence-corrected chi connectivity index (χ3v) is 3.58. The minimum Gasteiger partial charge on any atom is -0.316 e. The first-order chi connectivity index (χ1) is 7.54. The number of alkyl halides is 1. The molecule has 1 aliphatic heterocycles. The van der Waals surface area contributed by atoms with Crippen molar-refractivity contribution in [1.82, 2.24) is 10.3 Å². The van der Waals surface area contributed by atoms with Gasteiger partial charge in [0.05, 0.1) is 0 Å². The average molecular weight is 291 g/mol. The number of pyridine rings is 1. The van der Waals surface area contributed by atoms with Gasteiger partial charge in [-0.1, -0.05) is 6.92 Å². The standard InChI is InChI=1S/C11H13BrF2N2/c1-7-5-15-3-2-11(7,14)9-4-8(12)6-16-10(9)13/h4,6-7,15H,2-3,5H2,1H3/t7-,11+/m0/s1. The van der Waals surface area contributed by atoms with Gasteiger partial charge in [-0.25, -0.2) is 9.37 Å². The quantitative estimate of drug-likeness (QED) is 0.805. The van der Waals surface area contributed by atoms with Crippen molar-refractivity contribution in [2.45, 2.75) is 19.0 Å². The molecule has 1 saturated heterocycles. The highest BCUT2D eigenvalue weighted by Crippen LogP contribution is 2.40. The van der Waals surface area contributed by atoms with Gasteiger partial charge in [-0.3, -0.25) is 0 Å². The molecule has 0 spiro atoms. The molecule has 0 saturated carbocycles. The van der Waals surface area contributed by atoms with Crippen LogP contribution in [0.1, 0.15) is 18.9 Å². The van der Waals surface area contributed by atoms with Gasteiger partial charge in [0.2, 0.25) is 5.95 Å². The third-order valence-electron chi connectivity index (χ3n) is 3.15. The summed E-state index contributed by atoms with van der Waals surface area (Å²) in [5.41, 5.74) is -1.55. The molecule has 2 nitrogen and oxygen atoms in total. The first kappa shape index (κ1) is 11.9. The molecule has 2 rings (SSSR count). The zero-order chi connectivity index (χ0) is 11.8. The number of hydrogen-bond donors (Lipinski definition) is 1. The highest BCUT2D eigenvalue weighted by molar-refractivity contribution is 9.10. The highest BCUT2D eigenvalue weighted by Gasteiger charge is 2.42. The van der Waals surface area contributed by atoms with Crippen molar-refractivity contribution in [3.05, 3.63) is 28.2 Å². The fraction of sp³-hybridized carbons (Fsp3) is 0.545. The molecule has 1 aromatic rings. The lowest BCUT2D eigenvalue weighted by molar-refractivity contribution is 0.0503. The molecule has 1 aromatic heterocycles. The summed E-state index contributed by atoms with van der Waals surface area (Å²) in [6, 6.07) is 1.49. The zero-order valence-corrected chi connectivity index (χ0v) is 10.5. The van der Waals surface area contributed by atoms with Gasteiger partial charge >= 0.3 is 0 Å². The smallest absolute Gasteiger partial charge is 0.219 e. The van der Waals surface area contributed by atoms with Crippen molar-refractivity contribution in [2.24, 2.45) is 5.92 Å². The van der Waals surface area contributed by atoms with Crippen LogP contribution in [0.2, 0.25) is 0 Å². The van der Waals surface area contributed by atoms with Crippen LogP contribution in [-0.4, -0.2) is 18.1 Å². The van der Waals surface area contributed by atoms with Gasteiger partial charge < -0.3 is 5.32 Å². The molecule has 0 amide bonds. The summed E-state index contributed by atoms with van der Waals surface area (Å²) < 4.78 is 29.0. The lowest BCUT2D eigenvalue weighted by Crippen LogP contribution is -2.44. The van der Waals surface area contributed by atoms with E-state index < -0.39 is 11.6 Å². The molecule has 2 heterocycles. The maximum Gasteiger partial charge on any atom is 0.219 e. The van der Waals surface area contributed by atoms with Crippen molar-refractivity contribution >= 4 is 15.9 Å². The van der Waals surface area contributed by atoms with E-state index in [1.165, 1.54) is 12.3 Å². The van der Waals surface area contributed by atoms with Gasteiger partial charge in [0.15, 0.2) is 0 Å². The van der Waals surface area contributed by atoms with Gasteiger partial charge in [0, 0.05) is 28.7 Å². The number of rotatable bonds is 1. The second kappa shape index (κ2) is 4.37. The molecule has 0 bridgehead atoms. The van der Waals surface area contributed by atoms with Crippen molar-refractivity contribution in [3.8, 4) is 0 Å². The van der Waals surface area contributed by atoms with Crippen LogP contribution < -0.4 is 5.32 Å². The Kier molecular flexibility index (Phi) is 3.26. The summed E-state index contributed by atoms with van der Waals surface area (Å²) in [5.74, 6) is -0.966. The molecule has 2 atom stereocenters. The van der Waals surface area contributed by atoms with Gasteiger partial charge in [0.25, 0.3) is 0 Å². The Morgan fingerprint density at radius 2 is 2.38 bits per heavy atom. The predicted molar refractivity (Wildman–Crippen MR) is 61.3 cm³/mol. The monoisotopic (exact) mass is 290 g/mol. The molecule has 0 unspecified atom stereocenters. The zero-order valence-electron chi connectivity index (χ0n) is 8.93. The molecule has 0 aliphatic carbocycles. The van der Waals surface area contributed by atoms with E-state index in [9.17, 15) is 8.78 Å². The second-order valence-corrected chi connectivity index (χ2v) is 5.13. The van der Waals surface area contributed by atoms with Crippen LogP contribution in [0.5, 0.6) is 0 Å². The molecule has 88 valence electrons. The molecule has 1 fully saturated rings. The summed E-state index contributed by atoms with van der Waals surface area (Å²) in [6.07, 6.45) is 1.62. The Bertz CT molecular complexity index is 400. The number of hydrogen-bond acceptors (Lipinski definition) is 2. The van der Waals surface area contributed by atoms with Crippen molar-refractivity contribution < 1.29 is 8.78 Å². The van der Waals surface area contributed by atoms with Crippen LogP contribution in [0.25, 0.3) is 0 Å². The molecule has 1 N–H and O–H groups in total. The van der Waals surface area contributed by atoms with Crippen LogP contribution in [0, 0.1) is 11.9 Å². The first-order valence-electron chi connectivity index (χ1n) is 5.25. The van der Waals surface area contributed by atoms with Crippen molar-refractivity contribution in [3.63, 3.8) is 0 Å². The van der Waals surface area contributed by atoms with E-state index in [4.69, 9.17) is 0 Å². The third kappa shape index (κ3) is 1.98. The second-order valence-electron chi connectivity index (χ2n) is 4.21. The maximum absolute atomic E-state index is 14.8. The van der Waals surface area contributed by atoms with E-state index >= 15 is 0 Å². The summed E-state index contributed by atoms with van der Waals surface area (Å²) in [5, 5.41) is 3.10. The highest BCUT2D eigenvalue weighted by atomic mass is 79.9. The van der Waals surface area contributed by atoms with E-state index in [1.54, 1.807) is 6.92 Å². The number of piperidine rings is 1. The molecular formula is C11H13BrF2N2. The first-order valence-corrected chi connectivity index (χ1v) is 6.04. The fourth-order valence-electron chi connectivity index (χ4n) is 2.11. The van der Waals surface area contributed by atoms with Crippen LogP contribution in [0.15, 0.2) is 16.7 Å². The van der Waals surface area contributed by atoms with Crippen LogP contribution in [0.3, 0.4) is 0 Å². The lowest BCUT2D eigenvalue weighted by atomic mass is 9.80. The maximum atomic E-state index is 14.8. The topological polar surface area (TPSA) is 24.9 Å². The van der Waals surface area contributed by atoms with Crippen LogP contribution in [0.4, 0.5) is 8.78 Å². The van der Waals surface area contributed by atoms with E-state index in [0.29, 0.717) is 17.6 Å². The van der Waals surface area contributed by atoms with Gasteiger partial charge in [-0.2, -0.15) is 4.39 Å². The Morgan fingerprint density at radius 1 is 1.62 bits per heavy atom. The Hall–Kier alpha value is -0.550. The molecular weight excluding hydrogens is 278 g/mol. The Labute approximate surface area is 102 Å². The predicted octanol–water partition coefficient (Wildman–Crippen LogP) is 2.78. The summed E-state index contributed by atoms with van der Waals surface area (Å²) in [6.45, 7) is 2.90. The number of nitrogens with zero attached hydrogens (tertiary/aromatic N) is 1. The van der Waals surface area contributed by atoms with E-state index in [1.807, 2.05) is 0 Å². The average Bonchev–Trinajstić information content (AvgIpc) is 2.26. The molecule has 16 heavy (non-hydrogen) atoms. The SMILES string of the molecule is C[C@H]1CNCC[C@]1(F)c1cc(Br)cnc1F. The molecule has 1 aliphatic rings. The fourth-order valence-corrected chi connectivity index (χ4v) is 2.44. The minimum atomic E-state index is -1.62. The van der Waals surface area contributed by atoms with Crippen molar-refractivity contribution in [1.29, 1.82) is 0 Å². The number of halogens is 3. The summed E-state index contributed by atoms with van der Waals surface area (Å²) in [4.78, 5) is 3.56. The van der Waals surface area contributed by atoms with E-state index in [0.717, 1.165) is 0 Å². The van der Waals surface area contributed by atoms with Gasteiger partial charge in [-0.15, -0.1) is 0 Å². The minimum absolute atomic E-state index is 0.0656. The van der Waals surface area contributed by atoms with E-state index in [2.05, 4.69) is 26.2 Å². The Morgan fingerprint density at radius 3 is 3.06 bits per heavy atom. The van der Waals surface area contributed by atoms with E-state index in [-0.39, 0.29) is 17.9 Å². The largest absolute Gasteiger partial charge is 0.316 e. The Balaban J connectivity index is 2.44. The summed E-state index contributed by atoms with van der Waals surface area (Å²) >= 11 is 3.20. The summed E-state index contributed by atoms with van der Waals surface area (Å²) in [7, 11) is 0. The van der Waals surface area contributed by atoms with Crippen LogP contribution in [-0.2, 0) is 5.67 Å². The van der Waals surface area contributed by atoms with Crippen molar-refractivity contribution in [2.75, 3.05) is 13.1 Å². The number of aromatic nitrogens is 1. The molecule has 0 aromatic carbocycles. The molecule has 5 heteroatoms. The molecule has 0 radical (unpaired) electrons. The number of nitrogens with one attached hydrogen (secondary N) is 1. The lowest BCUT2D eigenvalue weighted by Gasteiger charge is -2.36. The normalized spacial score (nSPS) is 30.4. The van der Waals surface area contributed by atoms with Gasteiger partial charge in [0.1, 0.15) is 5.67 Å². The van der Waals surface area contributed by atoms with Gasteiger partial charge in [-0.05, 0) is 35.0 Å².